The molecule has 0 spiro atoms. The fourth-order valence-electron chi connectivity index (χ4n) is 2.07. The molecule has 0 saturated heterocycles. The maximum Gasteiger partial charge on any atom is 0.202 e. The third kappa shape index (κ3) is 2.45. The Balaban J connectivity index is 1.88. The first kappa shape index (κ1) is 12.5. The van der Waals surface area contributed by atoms with Gasteiger partial charge in [0.15, 0.2) is 5.76 Å². The van der Waals surface area contributed by atoms with Gasteiger partial charge in [0.2, 0.25) is 5.78 Å². The van der Waals surface area contributed by atoms with E-state index in [4.69, 9.17) is 4.42 Å². The van der Waals surface area contributed by atoms with Crippen LogP contribution < -0.4 is 0 Å². The summed E-state index contributed by atoms with van der Waals surface area (Å²) in [5, 5.41) is 0.535. The van der Waals surface area contributed by atoms with Gasteiger partial charge >= 0.3 is 0 Å². The van der Waals surface area contributed by atoms with Crippen molar-refractivity contribution in [3.63, 3.8) is 0 Å². The Morgan fingerprint density at radius 3 is 2.60 bits per heavy atom. The van der Waals surface area contributed by atoms with Crippen LogP contribution in [0.1, 0.15) is 16.1 Å². The number of Topliss-reactive ketones (excluding diaryl/α,β-unsaturated/α-hetero) is 1. The van der Waals surface area contributed by atoms with Crippen molar-refractivity contribution in [3.8, 4) is 0 Å². The summed E-state index contributed by atoms with van der Waals surface area (Å²) in [6.45, 7) is 0. The van der Waals surface area contributed by atoms with Crippen molar-refractivity contribution in [2.24, 2.45) is 0 Å². The molecular weight excluding hydrogens is 262 g/mol. The van der Waals surface area contributed by atoms with Gasteiger partial charge in [-0.15, -0.1) is 0 Å². The highest BCUT2D eigenvalue weighted by atomic mass is 19.1. The number of hydrogen-bond acceptors (Lipinski definition) is 2. The molecule has 0 aliphatic rings. The second-order valence-corrected chi connectivity index (χ2v) is 4.52. The van der Waals surface area contributed by atoms with E-state index in [1.165, 1.54) is 36.4 Å². The zero-order valence-corrected chi connectivity index (χ0v) is 10.4. The van der Waals surface area contributed by atoms with Gasteiger partial charge in [0.25, 0.3) is 0 Å². The summed E-state index contributed by atoms with van der Waals surface area (Å²) < 4.78 is 31.5. The summed E-state index contributed by atoms with van der Waals surface area (Å²) >= 11 is 0. The second-order valence-electron chi connectivity index (χ2n) is 4.52. The van der Waals surface area contributed by atoms with E-state index in [0.29, 0.717) is 16.5 Å². The minimum atomic E-state index is -0.387. The molecule has 0 atom stereocenters. The first-order valence-electron chi connectivity index (χ1n) is 6.08. The van der Waals surface area contributed by atoms with Crippen LogP contribution in [0.25, 0.3) is 11.0 Å². The maximum absolute atomic E-state index is 13.1. The third-order valence-corrected chi connectivity index (χ3v) is 3.01. The van der Waals surface area contributed by atoms with E-state index in [0.717, 1.165) is 0 Å². The Hall–Kier alpha value is -2.49. The molecule has 20 heavy (non-hydrogen) atoms. The molecular formula is C16H10F2O2. The van der Waals surface area contributed by atoms with E-state index in [2.05, 4.69) is 0 Å². The lowest BCUT2D eigenvalue weighted by atomic mass is 10.1. The Labute approximate surface area is 113 Å². The van der Waals surface area contributed by atoms with Gasteiger partial charge in [0.05, 0.1) is 0 Å². The van der Waals surface area contributed by atoms with Gasteiger partial charge in [-0.25, -0.2) is 8.78 Å². The number of hydrogen-bond donors (Lipinski definition) is 0. The highest BCUT2D eigenvalue weighted by molar-refractivity contribution is 5.98. The average Bonchev–Trinajstić information content (AvgIpc) is 2.81. The quantitative estimate of drug-likeness (QED) is 0.671. The minimum Gasteiger partial charge on any atom is -0.453 e. The minimum absolute atomic E-state index is 0.0417. The van der Waals surface area contributed by atoms with Crippen LogP contribution in [0.2, 0.25) is 0 Å². The maximum atomic E-state index is 13.1. The lowest BCUT2D eigenvalue weighted by Crippen LogP contribution is -2.02. The molecule has 3 aromatic rings. The number of fused-ring (bicyclic) bond motifs is 1. The molecule has 0 N–H and O–H groups in total. The van der Waals surface area contributed by atoms with Gasteiger partial charge < -0.3 is 4.42 Å². The van der Waals surface area contributed by atoms with E-state index < -0.39 is 0 Å². The van der Waals surface area contributed by atoms with Crippen molar-refractivity contribution in [3.05, 3.63) is 71.5 Å². The fourth-order valence-corrected chi connectivity index (χ4v) is 2.07. The van der Waals surface area contributed by atoms with Crippen LogP contribution in [0.3, 0.4) is 0 Å². The molecule has 3 rings (SSSR count). The van der Waals surface area contributed by atoms with Gasteiger partial charge in [-0.1, -0.05) is 12.1 Å². The SMILES string of the molecule is O=C(Cc1cccc(F)c1)c1cc2cc(F)ccc2o1. The molecule has 100 valence electrons. The van der Waals surface area contributed by atoms with Crippen molar-refractivity contribution in [1.82, 2.24) is 0 Å². The van der Waals surface area contributed by atoms with E-state index in [9.17, 15) is 13.6 Å². The lowest BCUT2D eigenvalue weighted by molar-refractivity contribution is 0.0968. The largest absolute Gasteiger partial charge is 0.453 e. The lowest BCUT2D eigenvalue weighted by Gasteiger charge is -1.98. The normalized spacial score (nSPS) is 10.9. The summed E-state index contributed by atoms with van der Waals surface area (Å²) in [6, 6.07) is 11.4. The van der Waals surface area contributed by atoms with Gasteiger partial charge in [-0.2, -0.15) is 0 Å². The molecule has 0 bridgehead atoms. The van der Waals surface area contributed by atoms with E-state index in [-0.39, 0.29) is 29.6 Å². The summed E-state index contributed by atoms with van der Waals surface area (Å²) in [6.07, 6.45) is 0.0417. The van der Waals surface area contributed by atoms with Crippen molar-refractivity contribution in [2.75, 3.05) is 0 Å². The topological polar surface area (TPSA) is 30.2 Å². The Bertz CT molecular complexity index is 790. The Morgan fingerprint density at radius 1 is 1.00 bits per heavy atom. The van der Waals surface area contributed by atoms with Crippen molar-refractivity contribution in [1.29, 1.82) is 0 Å². The van der Waals surface area contributed by atoms with Crippen LogP contribution in [-0.2, 0) is 6.42 Å². The molecule has 1 heterocycles. The molecule has 0 amide bonds. The number of carbonyl (C=O) groups is 1. The Morgan fingerprint density at radius 2 is 1.80 bits per heavy atom. The van der Waals surface area contributed by atoms with Crippen LogP contribution >= 0.6 is 0 Å². The van der Waals surface area contributed by atoms with Gasteiger partial charge in [-0.05, 0) is 42.0 Å². The first-order chi connectivity index (χ1) is 9.61. The van der Waals surface area contributed by atoms with Crippen molar-refractivity contribution >= 4 is 16.8 Å². The molecule has 0 fully saturated rings. The summed E-state index contributed by atoms with van der Waals surface area (Å²) in [7, 11) is 0. The summed E-state index contributed by atoms with van der Waals surface area (Å²) in [5.74, 6) is -0.897. The van der Waals surface area contributed by atoms with Gasteiger partial charge in [0, 0.05) is 11.8 Å². The molecule has 1 aromatic heterocycles. The molecule has 4 heteroatoms. The summed E-state index contributed by atoms with van der Waals surface area (Å²) in [4.78, 5) is 12.1. The number of carbonyl (C=O) groups excluding carboxylic acids is 1. The highest BCUT2D eigenvalue weighted by Gasteiger charge is 2.13. The number of halogens is 2. The standard InChI is InChI=1S/C16H10F2O2/c17-12-3-1-2-10(6-12)7-14(19)16-9-11-8-13(18)4-5-15(11)20-16/h1-6,8-9H,7H2. The highest BCUT2D eigenvalue weighted by Crippen LogP contribution is 2.21. The van der Waals surface area contributed by atoms with Crippen molar-refractivity contribution < 1.29 is 18.0 Å². The molecule has 0 unspecified atom stereocenters. The van der Waals surface area contributed by atoms with Crippen LogP contribution in [0, 0.1) is 11.6 Å². The smallest absolute Gasteiger partial charge is 0.202 e. The second kappa shape index (κ2) is 4.89. The molecule has 2 nitrogen and oxygen atoms in total. The van der Waals surface area contributed by atoms with E-state index in [1.807, 2.05) is 0 Å². The third-order valence-electron chi connectivity index (χ3n) is 3.01. The van der Waals surface area contributed by atoms with E-state index in [1.54, 1.807) is 12.1 Å². The molecule has 0 aliphatic carbocycles. The Kier molecular flexibility index (Phi) is 3.06. The average molecular weight is 272 g/mol. The van der Waals surface area contributed by atoms with Crippen molar-refractivity contribution in [2.45, 2.75) is 6.42 Å². The monoisotopic (exact) mass is 272 g/mol. The molecule has 0 radical (unpaired) electrons. The number of rotatable bonds is 3. The molecule has 0 aliphatic heterocycles. The molecule has 2 aromatic carbocycles. The number of benzene rings is 2. The van der Waals surface area contributed by atoms with Gasteiger partial charge in [0.1, 0.15) is 17.2 Å². The molecule has 0 saturated carbocycles. The predicted octanol–water partition coefficient (Wildman–Crippen LogP) is 4.14. The fraction of sp³-hybridized carbons (Fsp3) is 0.0625. The van der Waals surface area contributed by atoms with Crippen LogP contribution in [0.15, 0.2) is 52.9 Å². The first-order valence-corrected chi connectivity index (χ1v) is 6.08. The summed E-state index contributed by atoms with van der Waals surface area (Å²) in [5.41, 5.74) is 1.02. The van der Waals surface area contributed by atoms with Crippen LogP contribution in [-0.4, -0.2) is 5.78 Å². The van der Waals surface area contributed by atoms with Crippen LogP contribution in [0.5, 0.6) is 0 Å². The number of ketones is 1. The zero-order chi connectivity index (χ0) is 14.1. The zero-order valence-electron chi connectivity index (χ0n) is 10.4. The van der Waals surface area contributed by atoms with Crippen LogP contribution in [0.4, 0.5) is 8.78 Å². The van der Waals surface area contributed by atoms with E-state index >= 15 is 0 Å². The predicted molar refractivity (Wildman–Crippen MR) is 70.6 cm³/mol. The van der Waals surface area contributed by atoms with Gasteiger partial charge in [-0.3, -0.25) is 4.79 Å². The number of furan rings is 1.